The third-order valence-corrected chi connectivity index (χ3v) is 1.27. The summed E-state index contributed by atoms with van der Waals surface area (Å²) in [6, 6.07) is 0. The van der Waals surface area contributed by atoms with Crippen LogP contribution < -0.4 is 5.32 Å². The molecule has 1 nitrogen and oxygen atoms in total. The molecule has 0 atom stereocenters. The molecular formula is C7H11N. The fourth-order valence-corrected chi connectivity index (χ4v) is 0.743. The summed E-state index contributed by atoms with van der Waals surface area (Å²) in [6.07, 6.45) is 6.27. The molecule has 8 heavy (non-hydrogen) atoms. The first-order valence-electron chi connectivity index (χ1n) is 2.94. The van der Waals surface area contributed by atoms with Crippen molar-refractivity contribution < 1.29 is 0 Å². The summed E-state index contributed by atoms with van der Waals surface area (Å²) in [5.74, 6) is 0. The molecule has 1 rings (SSSR count). The van der Waals surface area contributed by atoms with E-state index >= 15 is 0 Å². The van der Waals surface area contributed by atoms with Crippen LogP contribution >= 0.6 is 0 Å². The Hall–Kier alpha value is -0.720. The molecule has 44 valence electrons. The molecule has 1 heterocycles. The van der Waals surface area contributed by atoms with E-state index in [0.717, 1.165) is 19.4 Å². The van der Waals surface area contributed by atoms with Crippen LogP contribution in [0.1, 0.15) is 12.8 Å². The second-order valence-electron chi connectivity index (χ2n) is 2.06. The first-order chi connectivity index (χ1) is 3.89. The van der Waals surface area contributed by atoms with Crippen LogP contribution in [0.3, 0.4) is 0 Å². The molecule has 0 amide bonds. The molecule has 0 aromatic heterocycles. The molecule has 0 aromatic carbocycles. The van der Waals surface area contributed by atoms with Gasteiger partial charge in [0, 0.05) is 6.54 Å². The molecule has 0 aliphatic carbocycles. The van der Waals surface area contributed by atoms with E-state index in [1.165, 1.54) is 5.57 Å². The van der Waals surface area contributed by atoms with Crippen LogP contribution in [0.4, 0.5) is 0 Å². The Labute approximate surface area is 50.1 Å². The topological polar surface area (TPSA) is 12.0 Å². The van der Waals surface area contributed by atoms with Crippen molar-refractivity contribution in [3.8, 4) is 0 Å². The maximum absolute atomic E-state index is 3.88. The maximum Gasteiger partial charge on any atom is 0.0178 e. The number of rotatable bonds is 0. The van der Waals surface area contributed by atoms with Crippen LogP contribution in [0, 0.1) is 0 Å². The van der Waals surface area contributed by atoms with Gasteiger partial charge in [-0.05, 0) is 19.0 Å². The second kappa shape index (κ2) is 2.55. The van der Waals surface area contributed by atoms with Crippen molar-refractivity contribution in [2.75, 3.05) is 6.54 Å². The normalized spacial score (nSPS) is 19.8. The highest BCUT2D eigenvalue weighted by Gasteiger charge is 1.92. The fraction of sp³-hybridized carbons (Fsp3) is 0.429. The Kier molecular flexibility index (Phi) is 1.73. The van der Waals surface area contributed by atoms with Gasteiger partial charge < -0.3 is 5.32 Å². The zero-order valence-corrected chi connectivity index (χ0v) is 4.98. The van der Waals surface area contributed by atoms with Gasteiger partial charge in [-0.25, -0.2) is 0 Å². The molecular weight excluding hydrogens is 98.1 g/mol. The Morgan fingerprint density at radius 2 is 2.50 bits per heavy atom. The Balaban J connectivity index is 2.41. The van der Waals surface area contributed by atoms with Gasteiger partial charge in [0.25, 0.3) is 0 Å². The smallest absolute Gasteiger partial charge is 0.0178 e. The molecule has 0 fully saturated rings. The van der Waals surface area contributed by atoms with E-state index in [0.29, 0.717) is 0 Å². The van der Waals surface area contributed by atoms with Crippen LogP contribution in [-0.4, -0.2) is 6.54 Å². The lowest BCUT2D eigenvalue weighted by molar-refractivity contribution is 0.837. The largest absolute Gasteiger partial charge is 0.391 e. The highest BCUT2D eigenvalue weighted by Crippen LogP contribution is 2.05. The van der Waals surface area contributed by atoms with Gasteiger partial charge in [0.05, 0.1) is 0 Å². The van der Waals surface area contributed by atoms with Crippen molar-refractivity contribution in [2.45, 2.75) is 12.8 Å². The summed E-state index contributed by atoms with van der Waals surface area (Å²) in [6.45, 7) is 4.93. The van der Waals surface area contributed by atoms with E-state index in [9.17, 15) is 0 Å². The summed E-state index contributed by atoms with van der Waals surface area (Å²) in [5, 5.41) is 3.14. The Morgan fingerprint density at radius 3 is 3.38 bits per heavy atom. The quantitative estimate of drug-likeness (QED) is 0.464. The lowest BCUT2D eigenvalue weighted by Crippen LogP contribution is -2.04. The van der Waals surface area contributed by atoms with E-state index in [2.05, 4.69) is 18.0 Å². The molecule has 1 N–H and O–H groups in total. The first kappa shape index (κ1) is 5.42. The zero-order valence-electron chi connectivity index (χ0n) is 4.98. The standard InChI is InChI=1S/C7H11N/c1-7-3-2-5-8-6-4-7/h2,5,8H,1,3-4,6H2. The molecule has 0 unspecified atom stereocenters. The number of allylic oxidation sites excluding steroid dienone is 1. The third kappa shape index (κ3) is 1.41. The molecule has 0 spiro atoms. The molecule has 0 saturated carbocycles. The lowest BCUT2D eigenvalue weighted by Gasteiger charge is -1.95. The first-order valence-corrected chi connectivity index (χ1v) is 2.94. The van der Waals surface area contributed by atoms with Gasteiger partial charge in [-0.3, -0.25) is 0 Å². The average molecular weight is 109 g/mol. The molecule has 1 aliphatic heterocycles. The minimum Gasteiger partial charge on any atom is -0.391 e. The summed E-state index contributed by atoms with van der Waals surface area (Å²) < 4.78 is 0. The highest BCUT2D eigenvalue weighted by molar-refractivity contribution is 5.04. The highest BCUT2D eigenvalue weighted by atomic mass is 14.8. The van der Waals surface area contributed by atoms with E-state index in [1.54, 1.807) is 0 Å². The number of hydrogen-bond donors (Lipinski definition) is 1. The molecule has 0 saturated heterocycles. The van der Waals surface area contributed by atoms with Crippen LogP contribution in [0.2, 0.25) is 0 Å². The van der Waals surface area contributed by atoms with E-state index in [1.807, 2.05) is 6.20 Å². The van der Waals surface area contributed by atoms with Crippen LogP contribution in [0.5, 0.6) is 0 Å². The monoisotopic (exact) mass is 109 g/mol. The zero-order chi connectivity index (χ0) is 5.82. The van der Waals surface area contributed by atoms with Crippen molar-refractivity contribution in [3.05, 3.63) is 24.4 Å². The summed E-state index contributed by atoms with van der Waals surface area (Å²) in [4.78, 5) is 0. The van der Waals surface area contributed by atoms with Crippen LogP contribution in [0.25, 0.3) is 0 Å². The van der Waals surface area contributed by atoms with Gasteiger partial charge in [0.1, 0.15) is 0 Å². The molecule has 0 aromatic rings. The van der Waals surface area contributed by atoms with Gasteiger partial charge in [-0.1, -0.05) is 18.2 Å². The molecule has 0 radical (unpaired) electrons. The number of nitrogens with one attached hydrogen (secondary N) is 1. The minimum atomic E-state index is 1.05. The Morgan fingerprint density at radius 1 is 1.62 bits per heavy atom. The van der Waals surface area contributed by atoms with Gasteiger partial charge in [-0.15, -0.1) is 0 Å². The summed E-state index contributed by atoms with van der Waals surface area (Å²) >= 11 is 0. The van der Waals surface area contributed by atoms with Crippen LogP contribution in [0.15, 0.2) is 24.4 Å². The summed E-state index contributed by atoms with van der Waals surface area (Å²) in [7, 11) is 0. The second-order valence-corrected chi connectivity index (χ2v) is 2.06. The van der Waals surface area contributed by atoms with Crippen molar-refractivity contribution in [1.82, 2.24) is 5.32 Å². The number of hydrogen-bond acceptors (Lipinski definition) is 1. The van der Waals surface area contributed by atoms with Crippen molar-refractivity contribution in [2.24, 2.45) is 0 Å². The van der Waals surface area contributed by atoms with Crippen LogP contribution in [-0.2, 0) is 0 Å². The minimum absolute atomic E-state index is 1.05. The molecule has 1 aliphatic rings. The van der Waals surface area contributed by atoms with Crippen molar-refractivity contribution in [3.63, 3.8) is 0 Å². The SMILES string of the molecule is C=C1CC=CNCC1. The van der Waals surface area contributed by atoms with E-state index in [4.69, 9.17) is 0 Å². The van der Waals surface area contributed by atoms with Gasteiger partial charge in [0.15, 0.2) is 0 Å². The lowest BCUT2D eigenvalue weighted by atomic mass is 10.2. The van der Waals surface area contributed by atoms with Gasteiger partial charge in [-0.2, -0.15) is 0 Å². The predicted molar refractivity (Wildman–Crippen MR) is 35.5 cm³/mol. The fourth-order valence-electron chi connectivity index (χ4n) is 0.743. The van der Waals surface area contributed by atoms with Gasteiger partial charge in [0.2, 0.25) is 0 Å². The Bertz CT molecular complexity index is 114. The summed E-state index contributed by atoms with van der Waals surface area (Å²) in [5.41, 5.74) is 1.33. The predicted octanol–water partition coefficient (Wildman–Crippen LogP) is 1.44. The van der Waals surface area contributed by atoms with E-state index in [-0.39, 0.29) is 0 Å². The average Bonchev–Trinajstić information content (AvgIpc) is 1.94. The van der Waals surface area contributed by atoms with E-state index < -0.39 is 0 Å². The molecule has 0 bridgehead atoms. The molecule has 1 heteroatoms. The van der Waals surface area contributed by atoms with Gasteiger partial charge >= 0.3 is 0 Å². The third-order valence-electron chi connectivity index (χ3n) is 1.27. The maximum atomic E-state index is 3.88. The van der Waals surface area contributed by atoms with Crippen molar-refractivity contribution in [1.29, 1.82) is 0 Å². The van der Waals surface area contributed by atoms with Crippen molar-refractivity contribution >= 4 is 0 Å².